The minimum atomic E-state index is -4.17. The van der Waals surface area contributed by atoms with Gasteiger partial charge in [-0.25, -0.2) is 13.2 Å². The third-order valence-electron chi connectivity index (χ3n) is 5.89. The van der Waals surface area contributed by atoms with Crippen LogP contribution in [0.5, 0.6) is 0 Å². The lowest BCUT2D eigenvalue weighted by atomic mass is 9.58. The van der Waals surface area contributed by atoms with Crippen molar-refractivity contribution in [2.24, 2.45) is 11.3 Å². The normalized spacial score (nSPS) is 26.2. The first kappa shape index (κ1) is 19.6. The number of hydrogen-bond donors (Lipinski definition) is 1. The third kappa shape index (κ3) is 2.78. The Morgan fingerprint density at radius 1 is 1.33 bits per heavy atom. The lowest BCUT2D eigenvalue weighted by Gasteiger charge is -2.66. The Morgan fingerprint density at radius 2 is 1.96 bits per heavy atom. The number of nitrogens with zero attached hydrogens (tertiary/aromatic N) is 3. The second-order valence-corrected chi connectivity index (χ2v) is 9.96. The lowest BCUT2D eigenvalue weighted by molar-refractivity contribution is -0.387. The van der Waals surface area contributed by atoms with Gasteiger partial charge in [0.2, 0.25) is 0 Å². The van der Waals surface area contributed by atoms with Crippen LogP contribution in [-0.4, -0.2) is 58.9 Å². The molecule has 2 aliphatic rings. The number of nitro groups is 1. The number of carbonyl (C=O) groups is 1. The van der Waals surface area contributed by atoms with Crippen LogP contribution in [0, 0.1) is 21.4 Å². The SMILES string of the molecule is CC(C)(C)[C@@]12CN(C(=O)O)CC[C@@H]1CN2S(=O)(=O)c1ccccc1[N+](=O)[O-]. The third-order valence-corrected chi connectivity index (χ3v) is 7.84. The molecule has 0 aromatic heterocycles. The molecule has 2 fully saturated rings. The molecule has 0 spiro atoms. The highest BCUT2D eigenvalue weighted by atomic mass is 32.2. The van der Waals surface area contributed by atoms with Crippen molar-refractivity contribution in [2.45, 2.75) is 37.6 Å². The van der Waals surface area contributed by atoms with Gasteiger partial charge in [-0.05, 0) is 23.8 Å². The summed E-state index contributed by atoms with van der Waals surface area (Å²) in [4.78, 5) is 23.0. The summed E-state index contributed by atoms with van der Waals surface area (Å²) >= 11 is 0. The first-order valence-electron chi connectivity index (χ1n) is 8.67. The average molecular weight is 397 g/mol. The standard InChI is InChI=1S/C17H23N3O6S/c1-16(2,3)17-11-18(15(21)22)9-8-12(17)10-19(17)27(25,26)14-7-5-4-6-13(14)20(23)24/h4-7,12H,8-11H2,1-3H3,(H,21,22)/t12-,17-/m1/s1. The summed E-state index contributed by atoms with van der Waals surface area (Å²) < 4.78 is 28.0. The monoisotopic (exact) mass is 397 g/mol. The largest absolute Gasteiger partial charge is 0.465 e. The minimum absolute atomic E-state index is 0.00523. The molecular formula is C17H23N3O6S. The number of para-hydroxylation sites is 1. The van der Waals surface area contributed by atoms with Crippen LogP contribution in [0.2, 0.25) is 0 Å². The number of rotatable bonds is 3. The lowest BCUT2D eigenvalue weighted by Crippen LogP contribution is -2.79. The summed E-state index contributed by atoms with van der Waals surface area (Å²) in [5.41, 5.74) is -1.97. The number of nitro benzene ring substituents is 1. The number of fused-ring (bicyclic) bond motifs is 1. The van der Waals surface area contributed by atoms with E-state index < -0.39 is 37.7 Å². The van der Waals surface area contributed by atoms with Crippen LogP contribution in [0.15, 0.2) is 29.2 Å². The van der Waals surface area contributed by atoms with Crippen LogP contribution < -0.4 is 0 Å². The molecule has 2 aliphatic heterocycles. The maximum absolute atomic E-state index is 13.4. The zero-order valence-corrected chi connectivity index (χ0v) is 16.3. The van der Waals surface area contributed by atoms with Crippen LogP contribution in [-0.2, 0) is 10.0 Å². The van der Waals surface area contributed by atoms with Crippen molar-refractivity contribution in [2.75, 3.05) is 19.6 Å². The highest BCUT2D eigenvalue weighted by Gasteiger charge is 2.66. The zero-order chi connectivity index (χ0) is 20.2. The first-order chi connectivity index (χ1) is 12.4. The molecule has 0 saturated carbocycles. The predicted molar refractivity (Wildman–Crippen MR) is 96.9 cm³/mol. The molecule has 2 heterocycles. The molecule has 10 heteroatoms. The van der Waals surface area contributed by atoms with Crippen molar-refractivity contribution in [3.63, 3.8) is 0 Å². The Kier molecular flexibility index (Phi) is 4.47. The summed E-state index contributed by atoms with van der Waals surface area (Å²) in [6.45, 7) is 6.29. The molecule has 148 valence electrons. The number of amides is 1. The van der Waals surface area contributed by atoms with Gasteiger partial charge in [-0.1, -0.05) is 32.9 Å². The number of piperidine rings is 1. The van der Waals surface area contributed by atoms with Gasteiger partial charge < -0.3 is 10.0 Å². The summed E-state index contributed by atoms with van der Waals surface area (Å²) in [6, 6.07) is 5.26. The van der Waals surface area contributed by atoms with Crippen LogP contribution >= 0.6 is 0 Å². The molecule has 1 N–H and O–H groups in total. The highest BCUT2D eigenvalue weighted by molar-refractivity contribution is 7.89. The topological polar surface area (TPSA) is 121 Å². The second kappa shape index (κ2) is 6.16. The van der Waals surface area contributed by atoms with E-state index in [4.69, 9.17) is 0 Å². The molecular weight excluding hydrogens is 374 g/mol. The fraction of sp³-hybridized carbons (Fsp3) is 0.588. The number of benzene rings is 1. The number of carboxylic acid groups (broad SMARTS) is 1. The number of hydrogen-bond acceptors (Lipinski definition) is 5. The van der Waals surface area contributed by atoms with Crippen molar-refractivity contribution in [3.8, 4) is 0 Å². The Labute approximate surface area is 157 Å². The van der Waals surface area contributed by atoms with Crippen LogP contribution in [0.4, 0.5) is 10.5 Å². The molecule has 2 atom stereocenters. The number of sulfonamides is 1. The van der Waals surface area contributed by atoms with E-state index in [1.165, 1.54) is 33.5 Å². The van der Waals surface area contributed by atoms with E-state index in [1.807, 2.05) is 20.8 Å². The summed E-state index contributed by atoms with van der Waals surface area (Å²) in [5.74, 6) is 0.00523. The van der Waals surface area contributed by atoms with E-state index in [-0.39, 0.29) is 23.9 Å². The molecule has 2 saturated heterocycles. The summed E-state index contributed by atoms with van der Waals surface area (Å²) in [6.07, 6.45) is -0.529. The first-order valence-corrected chi connectivity index (χ1v) is 10.1. The van der Waals surface area contributed by atoms with Gasteiger partial charge in [-0.3, -0.25) is 10.1 Å². The zero-order valence-electron chi connectivity index (χ0n) is 15.5. The van der Waals surface area contributed by atoms with E-state index in [0.29, 0.717) is 13.0 Å². The van der Waals surface area contributed by atoms with Crippen LogP contribution in [0.25, 0.3) is 0 Å². The fourth-order valence-electron chi connectivity index (χ4n) is 4.47. The molecule has 0 unspecified atom stereocenters. The molecule has 27 heavy (non-hydrogen) atoms. The van der Waals surface area contributed by atoms with Crippen LogP contribution in [0.3, 0.4) is 0 Å². The Morgan fingerprint density at radius 3 is 2.52 bits per heavy atom. The predicted octanol–water partition coefficient (Wildman–Crippen LogP) is 2.38. The molecule has 1 aromatic carbocycles. The minimum Gasteiger partial charge on any atom is -0.465 e. The molecule has 3 rings (SSSR count). The maximum Gasteiger partial charge on any atom is 0.407 e. The van der Waals surface area contributed by atoms with E-state index in [2.05, 4.69) is 0 Å². The van der Waals surface area contributed by atoms with Gasteiger partial charge in [0.25, 0.3) is 15.7 Å². The van der Waals surface area contributed by atoms with Gasteiger partial charge in [0.15, 0.2) is 4.90 Å². The Balaban J connectivity index is 2.11. The number of likely N-dealkylation sites (tertiary alicyclic amines) is 1. The highest BCUT2D eigenvalue weighted by Crippen LogP contribution is 2.55. The second-order valence-electron chi connectivity index (χ2n) is 8.12. The van der Waals surface area contributed by atoms with Crippen molar-refractivity contribution < 1.29 is 23.2 Å². The van der Waals surface area contributed by atoms with Crippen molar-refractivity contribution in [3.05, 3.63) is 34.4 Å². The van der Waals surface area contributed by atoms with Gasteiger partial charge in [0, 0.05) is 25.7 Å². The van der Waals surface area contributed by atoms with Crippen LogP contribution in [0.1, 0.15) is 27.2 Å². The Bertz CT molecular complexity index is 894. The molecule has 9 nitrogen and oxygen atoms in total. The molecule has 1 aromatic rings. The van der Waals surface area contributed by atoms with E-state index in [1.54, 1.807) is 0 Å². The Hall–Kier alpha value is -2.20. The average Bonchev–Trinajstić information content (AvgIpc) is 2.54. The van der Waals surface area contributed by atoms with Crippen molar-refractivity contribution in [1.82, 2.24) is 9.21 Å². The van der Waals surface area contributed by atoms with Crippen molar-refractivity contribution in [1.29, 1.82) is 0 Å². The summed E-state index contributed by atoms with van der Waals surface area (Å²) in [7, 11) is -4.17. The van der Waals surface area contributed by atoms with Gasteiger partial charge in [0.05, 0.1) is 10.5 Å². The molecule has 0 bridgehead atoms. The smallest absolute Gasteiger partial charge is 0.407 e. The van der Waals surface area contributed by atoms with E-state index in [9.17, 15) is 28.4 Å². The van der Waals surface area contributed by atoms with Crippen molar-refractivity contribution >= 4 is 21.8 Å². The van der Waals surface area contributed by atoms with E-state index >= 15 is 0 Å². The van der Waals surface area contributed by atoms with E-state index in [0.717, 1.165) is 0 Å². The maximum atomic E-state index is 13.4. The van der Waals surface area contributed by atoms with Gasteiger partial charge in [0.1, 0.15) is 0 Å². The fourth-order valence-corrected chi connectivity index (χ4v) is 6.65. The molecule has 0 aliphatic carbocycles. The molecule has 1 amide bonds. The quantitative estimate of drug-likeness (QED) is 0.617. The molecule has 0 radical (unpaired) electrons. The van der Waals surface area contributed by atoms with Gasteiger partial charge in [-0.15, -0.1) is 0 Å². The summed E-state index contributed by atoms with van der Waals surface area (Å²) in [5, 5.41) is 20.8. The van der Waals surface area contributed by atoms with Gasteiger partial charge >= 0.3 is 6.09 Å². The van der Waals surface area contributed by atoms with Gasteiger partial charge in [-0.2, -0.15) is 4.31 Å².